The molecule has 0 spiro atoms. The van der Waals surface area contributed by atoms with Crippen LogP contribution in [0.1, 0.15) is 100 Å². The Morgan fingerprint density at radius 1 is 0.466 bits per heavy atom. The maximum Gasteiger partial charge on any atom is 0.305 e. The van der Waals surface area contributed by atoms with Gasteiger partial charge in [0.15, 0.2) is 0 Å². The number of para-hydroxylation sites is 2. The third-order valence-corrected chi connectivity index (χ3v) is 23.7. The summed E-state index contributed by atoms with van der Waals surface area (Å²) in [4.78, 5) is 245. The van der Waals surface area contributed by atoms with Crippen LogP contribution in [0.3, 0.4) is 0 Å². The zero-order valence-electron chi connectivity index (χ0n) is 75.8. The van der Waals surface area contributed by atoms with Crippen LogP contribution in [0.5, 0.6) is 11.5 Å². The maximum atomic E-state index is 15.6. The van der Waals surface area contributed by atoms with E-state index in [1.54, 1.807) is 149 Å². The molecule has 1 aliphatic heterocycles. The van der Waals surface area contributed by atoms with E-state index < -0.39 is 199 Å². The minimum atomic E-state index is -1.92. The summed E-state index contributed by atoms with van der Waals surface area (Å²) in [5, 5.41) is 59.3. The Morgan fingerprint density at radius 3 is 1.41 bits per heavy atom. The molecule has 133 heavy (non-hydrogen) atoms. The second-order valence-electron chi connectivity index (χ2n) is 33.9. The van der Waals surface area contributed by atoms with Crippen LogP contribution >= 0.6 is 11.8 Å². The van der Waals surface area contributed by atoms with Gasteiger partial charge in [-0.2, -0.15) is 0 Å². The molecule has 9 rings (SSSR count). The van der Waals surface area contributed by atoms with E-state index in [4.69, 9.17) is 5.73 Å². The molecule has 8 aromatic rings. The predicted octanol–water partition coefficient (Wildman–Crippen LogP) is 3.02. The monoisotopic (exact) mass is 1850 g/mol. The maximum absolute atomic E-state index is 15.6. The molecule has 37 heteroatoms. The lowest BCUT2D eigenvalue weighted by atomic mass is 9.99. The molecule has 0 saturated carbocycles. The molecule has 2 aromatic heterocycles. The summed E-state index contributed by atoms with van der Waals surface area (Å²) in [6.07, 6.45) is 4.05. The molecule has 708 valence electrons. The van der Waals surface area contributed by atoms with Crippen molar-refractivity contribution in [1.29, 1.82) is 0 Å². The molecule has 1 aliphatic rings. The van der Waals surface area contributed by atoms with Gasteiger partial charge in [-0.15, -0.1) is 11.8 Å². The summed E-state index contributed by atoms with van der Waals surface area (Å²) >= 11 is 0.955. The fourth-order valence-corrected chi connectivity index (χ4v) is 16.3. The first-order chi connectivity index (χ1) is 63.4. The number of carbonyl (C=O) groups is 16. The number of unbranched alkanes of at least 4 members (excludes halogenated alkanes) is 1. The van der Waals surface area contributed by atoms with Crippen molar-refractivity contribution in [3.05, 3.63) is 216 Å². The van der Waals surface area contributed by atoms with E-state index in [9.17, 15) is 48.9 Å². The Bertz CT molecular complexity index is 5460. The number of aromatic nitrogens is 2. The van der Waals surface area contributed by atoms with Crippen molar-refractivity contribution >= 4 is 128 Å². The smallest absolute Gasteiger partial charge is 0.305 e. The second kappa shape index (κ2) is 49.6. The number of carbonyl (C=O) groups excluding carboxylic acids is 15. The lowest BCUT2D eigenvalue weighted by Crippen LogP contribution is -2.61. The number of carboxylic acids is 1. The number of phenols is 2. The minimum absolute atomic E-state index is 0.0314. The summed E-state index contributed by atoms with van der Waals surface area (Å²) in [6, 6.07) is 26.4. The van der Waals surface area contributed by atoms with E-state index >= 15 is 43.2 Å². The molecule has 11 atom stereocenters. The number of carboxylic acid groups (broad SMARTS) is 1. The highest BCUT2D eigenvalue weighted by Crippen LogP contribution is 2.26. The fourth-order valence-electron chi connectivity index (χ4n) is 15.5. The van der Waals surface area contributed by atoms with Gasteiger partial charge < -0.3 is 104 Å². The molecule has 1 unspecified atom stereocenters. The molecule has 36 nitrogen and oxygen atoms in total. The molecule has 0 bridgehead atoms. The van der Waals surface area contributed by atoms with Gasteiger partial charge in [-0.05, 0) is 94.5 Å². The number of amides is 15. The number of phenolic OH excluding ortho intramolecular Hbond substituents is 2. The van der Waals surface area contributed by atoms with Gasteiger partial charge in [0, 0.05) is 113 Å². The number of likely N-dealkylation sites (N-methyl/N-ethyl adjacent to an activating group) is 4. The normalized spacial score (nSPS) is 21.6. The number of primary amides is 1. The van der Waals surface area contributed by atoms with Crippen molar-refractivity contribution in [2.45, 2.75) is 172 Å². The Balaban J connectivity index is 1.12. The summed E-state index contributed by atoms with van der Waals surface area (Å²) in [7, 11) is 5.28. The van der Waals surface area contributed by atoms with Crippen LogP contribution in [0.2, 0.25) is 0 Å². The van der Waals surface area contributed by atoms with E-state index in [0.29, 0.717) is 68.0 Å². The molecule has 1 fully saturated rings. The number of thioether (sulfide) groups is 1. The second-order valence-corrected chi connectivity index (χ2v) is 35.0. The van der Waals surface area contributed by atoms with Gasteiger partial charge >= 0.3 is 5.97 Å². The van der Waals surface area contributed by atoms with Crippen LogP contribution in [0, 0.1) is 11.8 Å². The van der Waals surface area contributed by atoms with Crippen molar-refractivity contribution in [3.63, 3.8) is 0 Å². The number of aliphatic carboxylic acids is 1. The first-order valence-corrected chi connectivity index (χ1v) is 45.1. The average molecular weight is 1850 g/mol. The zero-order chi connectivity index (χ0) is 96.7. The number of H-pyrrole nitrogens is 2. The Morgan fingerprint density at radius 2 is 0.895 bits per heavy atom. The molecule has 0 radical (unpaired) electrons. The largest absolute Gasteiger partial charge is 0.508 e. The zero-order valence-corrected chi connectivity index (χ0v) is 76.6. The Kier molecular flexibility index (Phi) is 38.1. The number of nitrogens with two attached hydrogens (primary N) is 1. The first kappa shape index (κ1) is 102. The SMILES string of the molecule is CCCC[C@H]1C(=O)N(C)CC(=O)NC(CC(=O)O)C(=O)N[C@@H](C(C)C)C(=O)N[C@@H](Cc2c[nH]c3ccccc23)C(=O)N[C@@H](Cc2ccc(O)cc2)C(=O)N(C)CC(=O)N[C@@H](Cc2c[nH]c3ccccc23)C(=O)N[C@@H](Cc2ccc(O)cc2)C(=O)N[C@@H](CC(C)C)C(=O)N[C@H](/C=C/C(=O)NCC(N)=O)CSCC(=O)N[C@@H](Cc2ccccc2)C(=O)N(C)[C@@H](Cc2ccccc2)C(=O)N1C. The highest BCUT2D eigenvalue weighted by Gasteiger charge is 2.41. The number of aromatic amines is 2. The number of fused-ring (bicyclic) bond motifs is 2. The van der Waals surface area contributed by atoms with Gasteiger partial charge in [0.05, 0.1) is 37.8 Å². The number of aromatic hydroxyl groups is 2. The van der Waals surface area contributed by atoms with Crippen LogP contribution in [-0.4, -0.2) is 265 Å². The van der Waals surface area contributed by atoms with E-state index in [1.807, 2.05) is 6.92 Å². The summed E-state index contributed by atoms with van der Waals surface area (Å²) in [5.41, 5.74) is 9.64. The van der Waals surface area contributed by atoms with E-state index in [2.05, 4.69) is 63.1 Å². The lowest BCUT2D eigenvalue weighted by Gasteiger charge is -2.37. The van der Waals surface area contributed by atoms with Gasteiger partial charge in [0.1, 0.15) is 71.9 Å². The standard InChI is InChI=1S/C96H119N17O19S/c1-10-11-30-78-95(131)111(7)53-83(119)103-75(48-85(121)122)91(127)109-86(57(4)5)92(128)107-74(47-63-50-99-70-29-21-19-27-68(63)70)90(126)108-76(44-61-33-38-66(115)39-34-61)93(129)110(6)52-82(118)102-73(46-62-49-98-69-28-20-18-26-67(62)69)89(125)106-72(42-60-31-36-65(114)37-32-60)88(124)105-71(41-56(2)3)87(123)101-64(35-40-81(117)100-51-80(97)116)54-133-55-84(120)104-77(43-58-22-14-12-15-23-58)94(130)113(9)79(96(132)112(78)8)45-59-24-16-13-17-25-59/h12-29,31-40,49-50,56-57,64,71-79,86,98-99,114-115H,10-11,30,41-48,51-55H2,1-9H3,(H2,97,116)(H,100,117)(H,101,123)(H,102,118)(H,103,119)(H,104,120)(H,105,124)(H,106,125)(H,107,128)(H,108,126)(H,109,127)(H,121,122)/b40-35+/t64-,71+,72+,73+,74+,75?,76+,77+,78+,79+,86+/m1/s1. The summed E-state index contributed by atoms with van der Waals surface area (Å²) < 4.78 is 0. The lowest BCUT2D eigenvalue weighted by molar-refractivity contribution is -0.151. The van der Waals surface area contributed by atoms with Gasteiger partial charge in [-0.3, -0.25) is 76.7 Å². The third-order valence-electron chi connectivity index (χ3n) is 22.6. The molecule has 3 heterocycles. The van der Waals surface area contributed by atoms with Crippen LogP contribution in [-0.2, 0) is 115 Å². The molecular weight excluding hydrogens is 1730 g/mol. The van der Waals surface area contributed by atoms with Crippen molar-refractivity contribution in [1.82, 2.24) is 82.7 Å². The van der Waals surface area contributed by atoms with E-state index in [1.165, 1.54) is 92.6 Å². The number of hydrogen-bond donors (Lipinski definition) is 16. The molecule has 15 amide bonds. The molecule has 1 saturated heterocycles. The van der Waals surface area contributed by atoms with Gasteiger partial charge in [0.25, 0.3) is 0 Å². The molecular formula is C96H119N17O19S. The number of hydrogen-bond acceptors (Lipinski definition) is 19. The number of nitrogens with one attached hydrogen (secondary N) is 12. The molecule has 17 N–H and O–H groups in total. The number of nitrogens with zero attached hydrogens (tertiary/aromatic N) is 4. The van der Waals surface area contributed by atoms with Crippen molar-refractivity contribution in [2.75, 3.05) is 59.3 Å². The minimum Gasteiger partial charge on any atom is -0.508 e. The topological polar surface area (TPSA) is 525 Å². The van der Waals surface area contributed by atoms with Gasteiger partial charge in [-0.25, -0.2) is 0 Å². The van der Waals surface area contributed by atoms with Crippen LogP contribution in [0.4, 0.5) is 0 Å². The fraction of sp³-hybridized carbons (Fsp3) is 0.396. The number of rotatable bonds is 24. The molecule has 6 aromatic carbocycles. The average Bonchev–Trinajstić information content (AvgIpc) is 1.77. The number of benzene rings is 6. The highest BCUT2D eigenvalue weighted by molar-refractivity contribution is 8.00. The van der Waals surface area contributed by atoms with Crippen LogP contribution in [0.15, 0.2) is 182 Å². The molecule has 0 aliphatic carbocycles. The van der Waals surface area contributed by atoms with Gasteiger partial charge in [-0.1, -0.05) is 175 Å². The van der Waals surface area contributed by atoms with Crippen molar-refractivity contribution in [3.8, 4) is 11.5 Å². The summed E-state index contributed by atoms with van der Waals surface area (Å²) in [5.74, 6) is -16.8. The highest BCUT2D eigenvalue weighted by atomic mass is 32.2. The Labute approximate surface area is 774 Å². The van der Waals surface area contributed by atoms with Gasteiger partial charge in [0.2, 0.25) is 88.6 Å². The predicted molar refractivity (Wildman–Crippen MR) is 498 cm³/mol. The third kappa shape index (κ3) is 30.9. The van der Waals surface area contributed by atoms with Crippen molar-refractivity contribution in [2.24, 2.45) is 17.6 Å². The van der Waals surface area contributed by atoms with Crippen LogP contribution < -0.4 is 58.9 Å². The summed E-state index contributed by atoms with van der Waals surface area (Å²) in [6.45, 7) is 6.33. The van der Waals surface area contributed by atoms with E-state index in [-0.39, 0.29) is 74.5 Å². The van der Waals surface area contributed by atoms with Crippen molar-refractivity contribution < 1.29 is 92.0 Å². The first-order valence-electron chi connectivity index (χ1n) is 43.9. The Hall–Kier alpha value is -14.4. The van der Waals surface area contributed by atoms with Crippen LogP contribution in [0.25, 0.3) is 21.8 Å². The van der Waals surface area contributed by atoms with E-state index in [0.717, 1.165) is 27.6 Å². The quantitative estimate of drug-likeness (QED) is 0.0387.